The fourth-order valence-electron chi connectivity index (χ4n) is 4.12. The van der Waals surface area contributed by atoms with E-state index in [0.717, 1.165) is 0 Å². The summed E-state index contributed by atoms with van der Waals surface area (Å²) in [6.45, 7) is 0.240. The number of amides is 3. The minimum absolute atomic E-state index is 0.00000807. The highest BCUT2D eigenvalue weighted by Gasteiger charge is 2.31. The molecule has 0 fully saturated rings. The summed E-state index contributed by atoms with van der Waals surface area (Å²) in [6, 6.07) is 12.5. The van der Waals surface area contributed by atoms with Crippen LogP contribution in [0.25, 0.3) is 0 Å². The van der Waals surface area contributed by atoms with E-state index in [1.54, 1.807) is 60.7 Å². The number of rotatable bonds is 18. The molecule has 0 spiro atoms. The van der Waals surface area contributed by atoms with Crippen LogP contribution in [0, 0.1) is 0 Å². The SMILES string of the molecule is NC(N)=NCCCC(N)C(=O)NC(CCC(=O)O)C(=O)NC(Cc1ccccc1)C(=O)NC(Cc1ccccc1)C(=O)O. The topological polar surface area (TPSA) is 252 Å². The van der Waals surface area contributed by atoms with Gasteiger partial charge in [-0.05, 0) is 30.4 Å². The lowest BCUT2D eigenvalue weighted by atomic mass is 10.0. The molecule has 2 aromatic carbocycles. The summed E-state index contributed by atoms with van der Waals surface area (Å²) >= 11 is 0. The first kappa shape index (κ1) is 34.2. The van der Waals surface area contributed by atoms with Gasteiger partial charge in [-0.25, -0.2) is 4.79 Å². The van der Waals surface area contributed by atoms with Crippen molar-refractivity contribution in [2.75, 3.05) is 6.54 Å². The van der Waals surface area contributed by atoms with E-state index >= 15 is 0 Å². The highest BCUT2D eigenvalue weighted by molar-refractivity contribution is 5.94. The summed E-state index contributed by atoms with van der Waals surface area (Å²) < 4.78 is 0. The first-order chi connectivity index (χ1) is 20.5. The van der Waals surface area contributed by atoms with Gasteiger partial charge in [-0.3, -0.25) is 24.2 Å². The molecule has 0 radical (unpaired) electrons. The minimum Gasteiger partial charge on any atom is -0.481 e. The molecule has 14 heteroatoms. The Morgan fingerprint density at radius 3 is 1.70 bits per heavy atom. The van der Waals surface area contributed by atoms with Gasteiger partial charge >= 0.3 is 11.9 Å². The van der Waals surface area contributed by atoms with Gasteiger partial charge in [-0.2, -0.15) is 0 Å². The average Bonchev–Trinajstić information content (AvgIpc) is 2.97. The van der Waals surface area contributed by atoms with Crippen molar-refractivity contribution in [1.82, 2.24) is 16.0 Å². The average molecular weight is 598 g/mol. The second-order valence-corrected chi connectivity index (χ2v) is 9.89. The number of nitrogens with zero attached hydrogens (tertiary/aromatic N) is 1. The third-order valence-corrected chi connectivity index (χ3v) is 6.40. The zero-order valence-corrected chi connectivity index (χ0v) is 23.6. The predicted octanol–water partition coefficient (Wildman–Crippen LogP) is -0.743. The maximum absolute atomic E-state index is 13.4. The normalized spacial score (nSPS) is 13.4. The fraction of sp³-hybridized carbons (Fsp3) is 0.379. The molecule has 232 valence electrons. The molecular weight excluding hydrogens is 558 g/mol. The lowest BCUT2D eigenvalue weighted by Crippen LogP contribution is -2.57. The smallest absolute Gasteiger partial charge is 0.326 e. The van der Waals surface area contributed by atoms with Crippen molar-refractivity contribution in [2.45, 2.75) is 62.7 Å². The molecule has 0 aliphatic heterocycles. The maximum Gasteiger partial charge on any atom is 0.326 e. The molecule has 0 saturated carbocycles. The Labute approximate surface area is 249 Å². The van der Waals surface area contributed by atoms with E-state index in [1.807, 2.05) is 0 Å². The summed E-state index contributed by atoms with van der Waals surface area (Å²) in [5, 5.41) is 26.5. The van der Waals surface area contributed by atoms with E-state index in [-0.39, 0.29) is 38.2 Å². The molecule has 14 nitrogen and oxygen atoms in total. The van der Waals surface area contributed by atoms with E-state index in [1.165, 1.54) is 0 Å². The lowest BCUT2D eigenvalue weighted by Gasteiger charge is -2.25. The van der Waals surface area contributed by atoms with Crippen LogP contribution in [0.4, 0.5) is 0 Å². The molecule has 0 heterocycles. The molecule has 4 unspecified atom stereocenters. The van der Waals surface area contributed by atoms with Crippen LogP contribution in [0.2, 0.25) is 0 Å². The fourth-order valence-corrected chi connectivity index (χ4v) is 4.12. The summed E-state index contributed by atoms with van der Waals surface area (Å²) in [4.78, 5) is 66.5. The van der Waals surface area contributed by atoms with Crippen LogP contribution in [0.1, 0.15) is 36.8 Å². The van der Waals surface area contributed by atoms with E-state index < -0.39 is 60.2 Å². The Balaban J connectivity index is 2.20. The van der Waals surface area contributed by atoms with Gasteiger partial charge in [0, 0.05) is 25.8 Å². The van der Waals surface area contributed by atoms with Gasteiger partial charge in [0.2, 0.25) is 17.7 Å². The summed E-state index contributed by atoms with van der Waals surface area (Å²) in [5.41, 5.74) is 17.9. The standard InChI is InChI=1S/C29H39N7O7/c30-20(12-7-15-33-29(31)32)25(39)34-21(13-14-24(37)38)26(40)35-22(16-18-8-3-1-4-9-18)27(41)36-23(28(42)43)17-19-10-5-2-6-11-19/h1-6,8-11,20-23H,7,12-17,30H2,(H,34,39)(H,35,40)(H,36,41)(H,37,38)(H,42,43)(H4,31,32,33). The summed E-state index contributed by atoms with van der Waals surface area (Å²) in [6.07, 6.45) is -0.157. The van der Waals surface area contributed by atoms with Gasteiger partial charge in [-0.15, -0.1) is 0 Å². The predicted molar refractivity (Wildman–Crippen MR) is 158 cm³/mol. The van der Waals surface area contributed by atoms with Crippen molar-refractivity contribution in [3.8, 4) is 0 Å². The van der Waals surface area contributed by atoms with Crippen LogP contribution in [0.5, 0.6) is 0 Å². The monoisotopic (exact) mass is 597 g/mol. The number of guanidine groups is 1. The number of hydrogen-bond donors (Lipinski definition) is 8. The second-order valence-electron chi connectivity index (χ2n) is 9.89. The van der Waals surface area contributed by atoms with E-state index in [4.69, 9.17) is 17.2 Å². The number of carbonyl (C=O) groups excluding carboxylic acids is 3. The van der Waals surface area contributed by atoms with Crippen LogP contribution in [-0.4, -0.2) is 76.5 Å². The van der Waals surface area contributed by atoms with Gasteiger partial charge in [-0.1, -0.05) is 60.7 Å². The molecule has 0 aliphatic rings. The number of nitrogens with two attached hydrogens (primary N) is 3. The summed E-state index contributed by atoms with van der Waals surface area (Å²) in [5.74, 6) is -4.85. The van der Waals surface area contributed by atoms with Gasteiger partial charge in [0.25, 0.3) is 0 Å². The number of hydrogen-bond acceptors (Lipinski definition) is 7. The van der Waals surface area contributed by atoms with Crippen LogP contribution in [0.3, 0.4) is 0 Å². The number of carboxylic acids is 2. The highest BCUT2D eigenvalue weighted by atomic mass is 16.4. The second kappa shape index (κ2) is 17.7. The number of aliphatic carboxylic acids is 2. The molecular formula is C29H39N7O7. The van der Waals surface area contributed by atoms with E-state index in [0.29, 0.717) is 17.5 Å². The molecule has 4 atom stereocenters. The molecule has 11 N–H and O–H groups in total. The Morgan fingerprint density at radius 2 is 1.19 bits per heavy atom. The zero-order chi connectivity index (χ0) is 31.8. The number of nitrogens with one attached hydrogen (secondary N) is 3. The lowest BCUT2D eigenvalue weighted by molar-refractivity contribution is -0.142. The first-order valence-corrected chi connectivity index (χ1v) is 13.7. The first-order valence-electron chi connectivity index (χ1n) is 13.7. The number of carboxylic acid groups (broad SMARTS) is 2. The molecule has 3 amide bonds. The number of aliphatic imine (C=N–C) groups is 1. The van der Waals surface area contributed by atoms with Crippen LogP contribution in [-0.2, 0) is 36.8 Å². The van der Waals surface area contributed by atoms with E-state index in [2.05, 4.69) is 20.9 Å². The van der Waals surface area contributed by atoms with Crippen molar-refractivity contribution in [3.05, 3.63) is 71.8 Å². The largest absolute Gasteiger partial charge is 0.481 e. The van der Waals surface area contributed by atoms with Crippen LogP contribution >= 0.6 is 0 Å². The van der Waals surface area contributed by atoms with Crippen molar-refractivity contribution in [2.24, 2.45) is 22.2 Å². The van der Waals surface area contributed by atoms with Crippen molar-refractivity contribution < 1.29 is 34.2 Å². The number of benzene rings is 2. The molecule has 0 saturated heterocycles. The van der Waals surface area contributed by atoms with Crippen molar-refractivity contribution in [3.63, 3.8) is 0 Å². The van der Waals surface area contributed by atoms with E-state index in [9.17, 15) is 34.2 Å². The third kappa shape index (κ3) is 13.0. The van der Waals surface area contributed by atoms with Gasteiger partial charge in [0.15, 0.2) is 5.96 Å². The molecule has 2 aromatic rings. The Hall–Kier alpha value is -4.98. The zero-order valence-electron chi connectivity index (χ0n) is 23.6. The quantitative estimate of drug-likeness (QED) is 0.0606. The van der Waals surface area contributed by atoms with Gasteiger partial charge in [0.05, 0.1) is 6.04 Å². The van der Waals surface area contributed by atoms with Gasteiger partial charge < -0.3 is 43.4 Å². The Bertz CT molecular complexity index is 1250. The Kier molecular flexibility index (Phi) is 14.1. The van der Waals surface area contributed by atoms with Crippen LogP contribution in [0.15, 0.2) is 65.7 Å². The maximum atomic E-state index is 13.4. The molecule has 2 rings (SSSR count). The third-order valence-electron chi connectivity index (χ3n) is 6.40. The van der Waals surface area contributed by atoms with Crippen molar-refractivity contribution in [1.29, 1.82) is 0 Å². The van der Waals surface area contributed by atoms with Crippen molar-refractivity contribution >= 4 is 35.6 Å². The number of carbonyl (C=O) groups is 5. The molecule has 0 bridgehead atoms. The summed E-state index contributed by atoms with van der Waals surface area (Å²) in [7, 11) is 0. The minimum atomic E-state index is -1.34. The van der Waals surface area contributed by atoms with Gasteiger partial charge in [0.1, 0.15) is 18.1 Å². The molecule has 43 heavy (non-hydrogen) atoms. The molecule has 0 aliphatic carbocycles. The van der Waals surface area contributed by atoms with Crippen LogP contribution < -0.4 is 33.2 Å². The highest BCUT2D eigenvalue weighted by Crippen LogP contribution is 2.09. The molecule has 0 aromatic heterocycles. The Morgan fingerprint density at radius 1 is 0.698 bits per heavy atom.